The molecule has 134 valence electrons. The van der Waals surface area contributed by atoms with Crippen molar-refractivity contribution >= 4 is 23.1 Å². The summed E-state index contributed by atoms with van der Waals surface area (Å²) >= 11 is 6.08. The molecule has 0 spiro atoms. The van der Waals surface area contributed by atoms with Crippen LogP contribution in [0, 0.1) is 0 Å². The maximum Gasteiger partial charge on any atom is 0.419 e. The monoisotopic (exact) mass is 373 g/mol. The Morgan fingerprint density at radius 2 is 1.80 bits per heavy atom. The standard InChI is InChI=1S/C15H15ClF3N5O/c1-22-14(25)12(16)11(9-21-22)23-5-7-24(8-6-23)13-10(15(17,18)19)3-2-4-20-13/h2-4,9H,5-8H2,1H3. The number of piperazine rings is 1. The number of aromatic nitrogens is 3. The lowest BCUT2D eigenvalue weighted by molar-refractivity contribution is -0.137. The Morgan fingerprint density at radius 1 is 1.16 bits per heavy atom. The molecule has 3 rings (SSSR count). The number of pyridine rings is 1. The topological polar surface area (TPSA) is 54.3 Å². The number of hydrogen-bond donors (Lipinski definition) is 0. The molecular formula is C15H15ClF3N5O. The van der Waals surface area contributed by atoms with Crippen LogP contribution < -0.4 is 15.4 Å². The molecule has 1 saturated heterocycles. The number of aryl methyl sites for hydroxylation is 1. The number of rotatable bonds is 2. The maximum atomic E-state index is 13.1. The minimum atomic E-state index is -4.46. The van der Waals surface area contributed by atoms with Crippen LogP contribution in [0.2, 0.25) is 5.02 Å². The molecule has 0 amide bonds. The lowest BCUT2D eigenvalue weighted by Crippen LogP contribution is -2.48. The summed E-state index contributed by atoms with van der Waals surface area (Å²) in [4.78, 5) is 19.2. The molecule has 0 saturated carbocycles. The third kappa shape index (κ3) is 3.41. The average Bonchev–Trinajstić information content (AvgIpc) is 2.59. The number of nitrogens with zero attached hydrogens (tertiary/aromatic N) is 5. The van der Waals surface area contributed by atoms with Gasteiger partial charge in [-0.05, 0) is 12.1 Å². The van der Waals surface area contributed by atoms with Crippen LogP contribution in [0.25, 0.3) is 0 Å². The Bertz CT molecular complexity index is 831. The summed E-state index contributed by atoms with van der Waals surface area (Å²) in [7, 11) is 1.50. The van der Waals surface area contributed by atoms with Gasteiger partial charge < -0.3 is 9.80 Å². The van der Waals surface area contributed by atoms with Crippen LogP contribution in [0.15, 0.2) is 29.3 Å². The molecule has 2 aromatic rings. The fourth-order valence-corrected chi connectivity index (χ4v) is 3.04. The summed E-state index contributed by atoms with van der Waals surface area (Å²) in [6.07, 6.45) is -1.63. The highest BCUT2D eigenvalue weighted by Gasteiger charge is 2.36. The van der Waals surface area contributed by atoms with Gasteiger partial charge in [0.2, 0.25) is 0 Å². The first kappa shape index (κ1) is 17.5. The van der Waals surface area contributed by atoms with Crippen molar-refractivity contribution in [3.05, 3.63) is 45.5 Å². The third-order valence-electron chi connectivity index (χ3n) is 4.07. The number of alkyl halides is 3. The zero-order valence-corrected chi connectivity index (χ0v) is 14.0. The Balaban J connectivity index is 1.80. The van der Waals surface area contributed by atoms with Crippen LogP contribution >= 0.6 is 11.6 Å². The molecule has 0 unspecified atom stereocenters. The van der Waals surface area contributed by atoms with E-state index >= 15 is 0 Å². The zero-order chi connectivity index (χ0) is 18.2. The Hall–Kier alpha value is -2.29. The predicted molar refractivity (Wildman–Crippen MR) is 88.2 cm³/mol. The van der Waals surface area contributed by atoms with Gasteiger partial charge in [0, 0.05) is 39.4 Å². The summed E-state index contributed by atoms with van der Waals surface area (Å²) in [5.41, 5.74) is -0.677. The highest BCUT2D eigenvalue weighted by Crippen LogP contribution is 2.35. The van der Waals surface area contributed by atoms with Gasteiger partial charge in [-0.25, -0.2) is 9.67 Å². The van der Waals surface area contributed by atoms with Crippen molar-refractivity contribution in [1.82, 2.24) is 14.8 Å². The van der Waals surface area contributed by atoms with Crippen molar-refractivity contribution in [3.8, 4) is 0 Å². The van der Waals surface area contributed by atoms with Gasteiger partial charge in [0.1, 0.15) is 10.8 Å². The molecule has 1 aliphatic heterocycles. The second kappa shape index (κ2) is 6.55. The minimum absolute atomic E-state index is 0.0553. The summed E-state index contributed by atoms with van der Waals surface area (Å²) in [6.45, 7) is 1.46. The fraction of sp³-hybridized carbons (Fsp3) is 0.400. The van der Waals surface area contributed by atoms with E-state index in [0.717, 1.165) is 10.7 Å². The van der Waals surface area contributed by atoms with Crippen molar-refractivity contribution in [2.24, 2.45) is 7.05 Å². The second-order valence-corrected chi connectivity index (χ2v) is 6.00. The van der Waals surface area contributed by atoms with Crippen molar-refractivity contribution in [2.75, 3.05) is 36.0 Å². The zero-order valence-electron chi connectivity index (χ0n) is 13.3. The Labute approximate surface area is 146 Å². The second-order valence-electron chi connectivity index (χ2n) is 5.62. The van der Waals surface area contributed by atoms with E-state index < -0.39 is 17.3 Å². The number of hydrogen-bond acceptors (Lipinski definition) is 5. The van der Waals surface area contributed by atoms with Crippen molar-refractivity contribution in [2.45, 2.75) is 6.18 Å². The molecule has 0 aliphatic carbocycles. The molecular weight excluding hydrogens is 359 g/mol. The van der Waals surface area contributed by atoms with Crippen LogP contribution in [0.5, 0.6) is 0 Å². The van der Waals surface area contributed by atoms with Crippen LogP contribution in [0.4, 0.5) is 24.7 Å². The number of anilines is 2. The van der Waals surface area contributed by atoms with E-state index in [1.54, 1.807) is 4.90 Å². The predicted octanol–water partition coefficient (Wildman–Crippen LogP) is 2.17. The molecule has 0 bridgehead atoms. The molecule has 2 aromatic heterocycles. The highest BCUT2D eigenvalue weighted by molar-refractivity contribution is 6.33. The lowest BCUT2D eigenvalue weighted by Gasteiger charge is -2.37. The van der Waals surface area contributed by atoms with Gasteiger partial charge in [-0.1, -0.05) is 11.6 Å². The molecule has 25 heavy (non-hydrogen) atoms. The molecule has 3 heterocycles. The Kier molecular flexibility index (Phi) is 4.59. The van der Waals surface area contributed by atoms with E-state index in [1.165, 1.54) is 25.5 Å². The molecule has 10 heteroatoms. The van der Waals surface area contributed by atoms with E-state index in [4.69, 9.17) is 11.6 Å². The third-order valence-corrected chi connectivity index (χ3v) is 4.43. The van der Waals surface area contributed by atoms with Gasteiger partial charge in [-0.2, -0.15) is 18.3 Å². The summed E-state index contributed by atoms with van der Waals surface area (Å²) in [6, 6.07) is 2.30. The SMILES string of the molecule is Cn1ncc(N2CCN(c3ncccc3C(F)(F)F)CC2)c(Cl)c1=O. The molecule has 0 N–H and O–H groups in total. The van der Waals surface area contributed by atoms with Crippen molar-refractivity contribution in [1.29, 1.82) is 0 Å². The first-order chi connectivity index (χ1) is 11.8. The first-order valence-electron chi connectivity index (χ1n) is 7.53. The van der Waals surface area contributed by atoms with E-state index in [0.29, 0.717) is 31.9 Å². The van der Waals surface area contributed by atoms with Gasteiger partial charge in [0.05, 0.1) is 17.4 Å². The van der Waals surface area contributed by atoms with E-state index in [-0.39, 0.29) is 10.8 Å². The van der Waals surface area contributed by atoms with E-state index in [9.17, 15) is 18.0 Å². The van der Waals surface area contributed by atoms with Crippen LogP contribution in [0.1, 0.15) is 5.56 Å². The molecule has 1 fully saturated rings. The molecule has 0 atom stereocenters. The first-order valence-corrected chi connectivity index (χ1v) is 7.90. The van der Waals surface area contributed by atoms with Gasteiger partial charge >= 0.3 is 6.18 Å². The summed E-state index contributed by atoms with van der Waals surface area (Å²) in [5.74, 6) is -0.0807. The molecule has 1 aliphatic rings. The fourth-order valence-electron chi connectivity index (χ4n) is 2.75. The highest BCUT2D eigenvalue weighted by atomic mass is 35.5. The average molecular weight is 374 g/mol. The summed E-state index contributed by atoms with van der Waals surface area (Å²) in [5, 5.41) is 4.00. The minimum Gasteiger partial charge on any atom is -0.365 e. The van der Waals surface area contributed by atoms with Gasteiger partial charge in [0.25, 0.3) is 5.56 Å². The number of halogens is 4. The maximum absolute atomic E-state index is 13.1. The van der Waals surface area contributed by atoms with E-state index in [2.05, 4.69) is 10.1 Å². The lowest BCUT2D eigenvalue weighted by atomic mass is 10.2. The normalized spacial score (nSPS) is 15.6. The quantitative estimate of drug-likeness (QED) is 0.807. The van der Waals surface area contributed by atoms with Crippen molar-refractivity contribution in [3.63, 3.8) is 0 Å². The smallest absolute Gasteiger partial charge is 0.365 e. The molecule has 0 aromatic carbocycles. The molecule has 6 nitrogen and oxygen atoms in total. The van der Waals surface area contributed by atoms with Crippen molar-refractivity contribution < 1.29 is 13.2 Å². The van der Waals surface area contributed by atoms with Crippen LogP contribution in [-0.2, 0) is 13.2 Å². The van der Waals surface area contributed by atoms with Gasteiger partial charge in [-0.15, -0.1) is 0 Å². The largest absolute Gasteiger partial charge is 0.419 e. The van der Waals surface area contributed by atoms with Gasteiger partial charge in [0.15, 0.2) is 0 Å². The van der Waals surface area contributed by atoms with Crippen LogP contribution in [0.3, 0.4) is 0 Å². The van der Waals surface area contributed by atoms with E-state index in [1.807, 2.05) is 4.90 Å². The Morgan fingerprint density at radius 3 is 2.44 bits per heavy atom. The van der Waals surface area contributed by atoms with Gasteiger partial charge in [-0.3, -0.25) is 4.79 Å². The summed E-state index contributed by atoms with van der Waals surface area (Å²) < 4.78 is 40.6. The molecule has 0 radical (unpaired) electrons. The van der Waals surface area contributed by atoms with Crippen LogP contribution in [-0.4, -0.2) is 40.9 Å².